The summed E-state index contributed by atoms with van der Waals surface area (Å²) in [5.41, 5.74) is 5.40. The minimum Gasteiger partial charge on any atom is -0.504 e. The molecular formula is C21H29NO2. The Bertz CT molecular complexity index is 679. The summed E-state index contributed by atoms with van der Waals surface area (Å²) in [6, 6.07) is 3.66. The predicted molar refractivity (Wildman–Crippen MR) is 97.2 cm³/mol. The fourth-order valence-electron chi connectivity index (χ4n) is 5.71. The van der Waals surface area contributed by atoms with Gasteiger partial charge < -0.3 is 15.5 Å². The van der Waals surface area contributed by atoms with E-state index >= 15 is 0 Å². The van der Waals surface area contributed by atoms with E-state index in [0.29, 0.717) is 5.92 Å². The Hall–Kier alpha value is -1.48. The molecule has 2 unspecified atom stereocenters. The highest BCUT2D eigenvalue weighted by atomic mass is 16.3. The quantitative estimate of drug-likeness (QED) is 0.671. The molecular weight excluding hydrogens is 298 g/mol. The number of benzene rings is 1. The molecule has 1 heterocycles. The van der Waals surface area contributed by atoms with Crippen LogP contribution in [0.2, 0.25) is 0 Å². The average molecular weight is 327 g/mol. The third-order valence-corrected chi connectivity index (χ3v) is 6.85. The van der Waals surface area contributed by atoms with Gasteiger partial charge in [0.2, 0.25) is 0 Å². The fraction of sp³-hybridized carbons (Fsp3) is 0.619. The maximum absolute atomic E-state index is 10.6. The molecule has 0 saturated heterocycles. The van der Waals surface area contributed by atoms with Crippen molar-refractivity contribution in [2.75, 3.05) is 13.1 Å². The smallest absolute Gasteiger partial charge is 0.161 e. The summed E-state index contributed by atoms with van der Waals surface area (Å²) in [6.45, 7) is 4.29. The number of phenols is 2. The minimum absolute atomic E-state index is 0.0263. The molecule has 2 atom stereocenters. The number of hydrogen-bond acceptors (Lipinski definition) is 3. The summed E-state index contributed by atoms with van der Waals surface area (Å²) >= 11 is 0. The SMILES string of the molecule is CCC1CCCCCC12Cc1c(ccc(O)c1O)C1=C2CCNC1. The first kappa shape index (κ1) is 16.0. The van der Waals surface area contributed by atoms with E-state index in [4.69, 9.17) is 0 Å². The van der Waals surface area contributed by atoms with Crippen LogP contribution in [0.4, 0.5) is 0 Å². The zero-order valence-electron chi connectivity index (χ0n) is 14.7. The van der Waals surface area contributed by atoms with E-state index in [-0.39, 0.29) is 16.9 Å². The monoisotopic (exact) mass is 327 g/mol. The van der Waals surface area contributed by atoms with Gasteiger partial charge in [-0.15, -0.1) is 0 Å². The maximum Gasteiger partial charge on any atom is 0.161 e. The first-order valence-corrected chi connectivity index (χ1v) is 9.65. The number of fused-ring (bicyclic) bond motifs is 3. The van der Waals surface area contributed by atoms with Crippen molar-refractivity contribution in [3.63, 3.8) is 0 Å². The molecule has 1 aliphatic heterocycles. The lowest BCUT2D eigenvalue weighted by Crippen LogP contribution is -2.42. The van der Waals surface area contributed by atoms with Crippen LogP contribution in [-0.4, -0.2) is 23.3 Å². The van der Waals surface area contributed by atoms with Gasteiger partial charge in [0.15, 0.2) is 11.5 Å². The van der Waals surface area contributed by atoms with Crippen molar-refractivity contribution in [3.8, 4) is 11.5 Å². The summed E-state index contributed by atoms with van der Waals surface area (Å²) < 4.78 is 0. The lowest BCUT2D eigenvalue weighted by atomic mass is 9.57. The van der Waals surface area contributed by atoms with Crippen LogP contribution in [0.1, 0.15) is 63.0 Å². The van der Waals surface area contributed by atoms with E-state index in [1.807, 2.05) is 6.07 Å². The van der Waals surface area contributed by atoms with Crippen LogP contribution >= 0.6 is 0 Å². The molecule has 1 aromatic carbocycles. The van der Waals surface area contributed by atoms with Crippen molar-refractivity contribution in [1.29, 1.82) is 0 Å². The number of hydrogen-bond donors (Lipinski definition) is 3. The molecule has 3 N–H and O–H groups in total. The molecule has 3 heteroatoms. The Morgan fingerprint density at radius 2 is 2.08 bits per heavy atom. The normalized spacial score (nSPS) is 30.0. The Balaban J connectivity index is 1.93. The first-order valence-electron chi connectivity index (χ1n) is 9.65. The molecule has 24 heavy (non-hydrogen) atoms. The molecule has 3 nitrogen and oxygen atoms in total. The van der Waals surface area contributed by atoms with E-state index in [1.165, 1.54) is 44.1 Å². The average Bonchev–Trinajstić information content (AvgIpc) is 2.81. The minimum atomic E-state index is 0.0263. The third-order valence-electron chi connectivity index (χ3n) is 6.85. The van der Waals surface area contributed by atoms with Gasteiger partial charge in [0.1, 0.15) is 0 Å². The summed E-state index contributed by atoms with van der Waals surface area (Å²) in [7, 11) is 0. The second-order valence-corrected chi connectivity index (χ2v) is 7.88. The zero-order valence-corrected chi connectivity index (χ0v) is 14.7. The van der Waals surface area contributed by atoms with Gasteiger partial charge in [-0.3, -0.25) is 0 Å². The van der Waals surface area contributed by atoms with Crippen molar-refractivity contribution in [2.45, 2.75) is 58.3 Å². The number of phenolic OH excluding ortho intramolecular Hbond substituents is 2. The van der Waals surface area contributed by atoms with E-state index in [2.05, 4.69) is 12.2 Å². The van der Waals surface area contributed by atoms with Gasteiger partial charge in [-0.1, -0.05) is 44.2 Å². The highest BCUT2D eigenvalue weighted by Gasteiger charge is 2.46. The second-order valence-electron chi connectivity index (χ2n) is 7.88. The van der Waals surface area contributed by atoms with Crippen LogP contribution in [0.5, 0.6) is 11.5 Å². The molecule has 0 amide bonds. The second kappa shape index (κ2) is 6.11. The molecule has 2 aliphatic carbocycles. The van der Waals surface area contributed by atoms with Crippen molar-refractivity contribution in [3.05, 3.63) is 28.8 Å². The summed E-state index contributed by atoms with van der Waals surface area (Å²) in [5, 5.41) is 24.2. The van der Waals surface area contributed by atoms with Crippen molar-refractivity contribution < 1.29 is 10.2 Å². The summed E-state index contributed by atoms with van der Waals surface area (Å²) in [5.74, 6) is 0.833. The van der Waals surface area contributed by atoms with E-state index in [1.54, 1.807) is 11.6 Å². The van der Waals surface area contributed by atoms with Crippen LogP contribution in [0.15, 0.2) is 17.7 Å². The number of rotatable bonds is 1. The van der Waals surface area contributed by atoms with E-state index in [9.17, 15) is 10.2 Å². The van der Waals surface area contributed by atoms with Crippen molar-refractivity contribution >= 4 is 5.57 Å². The molecule has 130 valence electrons. The summed E-state index contributed by atoms with van der Waals surface area (Å²) in [6.07, 6.45) is 9.73. The van der Waals surface area contributed by atoms with Crippen LogP contribution in [-0.2, 0) is 6.42 Å². The van der Waals surface area contributed by atoms with Crippen LogP contribution in [0, 0.1) is 11.3 Å². The Labute approximate surface area is 144 Å². The van der Waals surface area contributed by atoms with Gasteiger partial charge in [0, 0.05) is 12.1 Å². The fourth-order valence-corrected chi connectivity index (χ4v) is 5.71. The van der Waals surface area contributed by atoms with Gasteiger partial charge in [-0.05, 0) is 60.8 Å². The molecule has 1 saturated carbocycles. The van der Waals surface area contributed by atoms with Crippen LogP contribution < -0.4 is 5.32 Å². The van der Waals surface area contributed by atoms with Gasteiger partial charge >= 0.3 is 0 Å². The maximum atomic E-state index is 10.6. The molecule has 0 bridgehead atoms. The van der Waals surface area contributed by atoms with Crippen LogP contribution in [0.25, 0.3) is 5.57 Å². The van der Waals surface area contributed by atoms with Crippen molar-refractivity contribution in [2.24, 2.45) is 11.3 Å². The molecule has 1 spiro atoms. The molecule has 1 fully saturated rings. The number of aromatic hydroxyl groups is 2. The van der Waals surface area contributed by atoms with E-state index in [0.717, 1.165) is 37.1 Å². The Morgan fingerprint density at radius 3 is 2.92 bits per heavy atom. The largest absolute Gasteiger partial charge is 0.504 e. The number of nitrogens with one attached hydrogen (secondary N) is 1. The Kier molecular flexibility index (Phi) is 4.07. The van der Waals surface area contributed by atoms with Gasteiger partial charge in [0.05, 0.1) is 0 Å². The lowest BCUT2D eigenvalue weighted by molar-refractivity contribution is 0.174. The Morgan fingerprint density at radius 1 is 1.21 bits per heavy atom. The molecule has 3 aliphatic rings. The van der Waals surface area contributed by atoms with Gasteiger partial charge in [-0.25, -0.2) is 0 Å². The van der Waals surface area contributed by atoms with Gasteiger partial charge in [-0.2, -0.15) is 0 Å². The van der Waals surface area contributed by atoms with Gasteiger partial charge in [0.25, 0.3) is 0 Å². The third kappa shape index (κ3) is 2.28. The van der Waals surface area contributed by atoms with E-state index < -0.39 is 0 Å². The molecule has 4 rings (SSSR count). The highest BCUT2D eigenvalue weighted by molar-refractivity contribution is 5.79. The molecule has 0 radical (unpaired) electrons. The molecule has 1 aromatic rings. The topological polar surface area (TPSA) is 52.5 Å². The zero-order chi connectivity index (χ0) is 16.7. The van der Waals surface area contributed by atoms with Crippen molar-refractivity contribution in [1.82, 2.24) is 5.32 Å². The molecule has 0 aromatic heterocycles. The lowest BCUT2D eigenvalue weighted by Gasteiger charge is -2.48. The highest BCUT2D eigenvalue weighted by Crippen LogP contribution is 2.57. The first-order chi connectivity index (χ1) is 11.7. The summed E-state index contributed by atoms with van der Waals surface area (Å²) in [4.78, 5) is 0. The standard InChI is InChI=1S/C21H29NO2/c1-2-14-6-4-3-5-10-21(14)12-16-15(7-8-19(23)20(16)24)17-13-22-11-9-18(17)21/h7-8,14,22-24H,2-6,9-13H2,1H3. The van der Waals surface area contributed by atoms with Crippen LogP contribution in [0.3, 0.4) is 0 Å². The predicted octanol–water partition coefficient (Wildman–Crippen LogP) is 4.38.